The predicted octanol–water partition coefficient (Wildman–Crippen LogP) is 3.97. The smallest absolute Gasteiger partial charge is 0.223 e. The quantitative estimate of drug-likeness (QED) is 0.882. The summed E-state index contributed by atoms with van der Waals surface area (Å²) in [6.45, 7) is 0. The van der Waals surface area contributed by atoms with Gasteiger partial charge in [0.1, 0.15) is 0 Å². The second-order valence-electron chi connectivity index (χ2n) is 8.77. The molecule has 0 heterocycles. The molecule has 0 radical (unpaired) electrons. The summed E-state index contributed by atoms with van der Waals surface area (Å²) >= 11 is 0. The highest BCUT2D eigenvalue weighted by Gasteiger charge is 2.47. The van der Waals surface area contributed by atoms with Crippen LogP contribution in [0.3, 0.4) is 0 Å². The third kappa shape index (κ3) is 2.92. The maximum atomic E-state index is 12.9. The number of amides is 1. The monoisotopic (exact) mass is 348 g/mol. The second-order valence-corrected chi connectivity index (χ2v) is 8.77. The van der Waals surface area contributed by atoms with Crippen molar-refractivity contribution in [1.82, 2.24) is 5.32 Å². The van der Waals surface area contributed by atoms with Crippen LogP contribution in [0.2, 0.25) is 0 Å². The molecule has 3 aliphatic carbocycles. The van der Waals surface area contributed by atoms with Crippen LogP contribution < -0.4 is 11.1 Å². The third-order valence-corrected chi connectivity index (χ3v) is 7.01. The Bertz CT molecular complexity index is 818. The molecule has 2 aromatic rings. The van der Waals surface area contributed by atoms with Gasteiger partial charge in [0.05, 0.1) is 0 Å². The zero-order valence-corrected chi connectivity index (χ0v) is 15.2. The van der Waals surface area contributed by atoms with Crippen LogP contribution >= 0.6 is 0 Å². The Morgan fingerprint density at radius 2 is 1.69 bits per heavy atom. The van der Waals surface area contributed by atoms with Crippen molar-refractivity contribution < 1.29 is 4.79 Å². The van der Waals surface area contributed by atoms with Crippen LogP contribution in [0.4, 0.5) is 0 Å². The second kappa shape index (κ2) is 6.38. The van der Waals surface area contributed by atoms with E-state index in [1.165, 1.54) is 35.6 Å². The minimum atomic E-state index is 0.160. The average molecular weight is 348 g/mol. The Kier molecular flexibility index (Phi) is 4.00. The Labute approximate surface area is 155 Å². The fourth-order valence-corrected chi connectivity index (χ4v) is 5.59. The first-order valence-corrected chi connectivity index (χ1v) is 10.2. The maximum absolute atomic E-state index is 12.9. The highest BCUT2D eigenvalue weighted by molar-refractivity contribution is 5.86. The molecule has 1 amide bonds. The fourth-order valence-electron chi connectivity index (χ4n) is 5.59. The lowest BCUT2D eigenvalue weighted by Crippen LogP contribution is -2.54. The Morgan fingerprint density at radius 3 is 2.46 bits per heavy atom. The van der Waals surface area contributed by atoms with Gasteiger partial charge in [0.2, 0.25) is 5.91 Å². The van der Waals surface area contributed by atoms with Gasteiger partial charge in [-0.25, -0.2) is 0 Å². The summed E-state index contributed by atoms with van der Waals surface area (Å²) in [6.07, 6.45) is 6.92. The molecule has 136 valence electrons. The van der Waals surface area contributed by atoms with Crippen LogP contribution in [0.15, 0.2) is 42.5 Å². The topological polar surface area (TPSA) is 55.1 Å². The molecule has 0 aliphatic heterocycles. The van der Waals surface area contributed by atoms with Gasteiger partial charge in [0, 0.05) is 18.0 Å². The van der Waals surface area contributed by atoms with E-state index in [9.17, 15) is 4.79 Å². The van der Waals surface area contributed by atoms with Crippen LogP contribution in [-0.4, -0.2) is 18.0 Å². The van der Waals surface area contributed by atoms with Crippen LogP contribution in [0, 0.1) is 17.8 Å². The summed E-state index contributed by atoms with van der Waals surface area (Å²) in [4.78, 5) is 12.9. The molecular weight excluding hydrogens is 320 g/mol. The number of benzene rings is 2. The van der Waals surface area contributed by atoms with Gasteiger partial charge in [-0.15, -0.1) is 0 Å². The standard InChI is InChI=1S/C23H28N2O/c24-19-11-17-6-3-7-18(12-19)22(17)25-23(26)21-13-20(21)16-9-8-14-4-1-2-5-15(14)10-16/h1-2,4-5,8-10,17-22H,3,6-7,11-13,24H2,(H,25,26). The van der Waals surface area contributed by atoms with Gasteiger partial charge in [-0.1, -0.05) is 48.9 Å². The molecular formula is C23H28N2O. The summed E-state index contributed by atoms with van der Waals surface area (Å²) in [5.41, 5.74) is 7.54. The molecule has 2 bridgehead atoms. The van der Waals surface area contributed by atoms with Crippen LogP contribution in [0.25, 0.3) is 10.8 Å². The van der Waals surface area contributed by atoms with Crippen molar-refractivity contribution in [2.24, 2.45) is 23.5 Å². The first kappa shape index (κ1) is 16.3. The summed E-state index contributed by atoms with van der Waals surface area (Å²) in [7, 11) is 0. The number of nitrogens with one attached hydrogen (secondary N) is 1. The number of carbonyl (C=O) groups is 1. The van der Waals surface area contributed by atoms with Gasteiger partial charge in [-0.3, -0.25) is 4.79 Å². The zero-order valence-electron chi connectivity index (χ0n) is 15.2. The molecule has 26 heavy (non-hydrogen) atoms. The van der Waals surface area contributed by atoms with E-state index in [0.29, 0.717) is 29.8 Å². The number of nitrogens with two attached hydrogens (primary N) is 1. The van der Waals surface area contributed by atoms with E-state index in [0.717, 1.165) is 19.3 Å². The molecule has 0 spiro atoms. The minimum absolute atomic E-state index is 0.160. The summed E-state index contributed by atoms with van der Waals surface area (Å²) in [5.74, 6) is 2.02. The average Bonchev–Trinajstić information content (AvgIpc) is 3.43. The first-order valence-electron chi connectivity index (χ1n) is 10.2. The SMILES string of the molecule is NC1CC2CCCC(C1)C2NC(=O)C1CC1c1ccc2ccccc2c1. The number of fused-ring (bicyclic) bond motifs is 3. The molecule has 3 fully saturated rings. The number of rotatable bonds is 3. The van der Waals surface area contributed by atoms with Crippen molar-refractivity contribution in [2.45, 2.75) is 56.5 Å². The molecule has 5 rings (SSSR count). The van der Waals surface area contributed by atoms with Crippen LogP contribution in [-0.2, 0) is 4.79 Å². The van der Waals surface area contributed by atoms with Gasteiger partial charge < -0.3 is 11.1 Å². The summed E-state index contributed by atoms with van der Waals surface area (Å²) < 4.78 is 0. The van der Waals surface area contributed by atoms with E-state index in [1.807, 2.05) is 0 Å². The van der Waals surface area contributed by atoms with Gasteiger partial charge in [0.15, 0.2) is 0 Å². The third-order valence-electron chi connectivity index (χ3n) is 7.01. The van der Waals surface area contributed by atoms with Gasteiger partial charge in [-0.05, 0) is 66.2 Å². The summed E-state index contributed by atoms with van der Waals surface area (Å²) in [6, 6.07) is 15.8. The highest BCUT2D eigenvalue weighted by Crippen LogP contribution is 2.49. The van der Waals surface area contributed by atoms with E-state index >= 15 is 0 Å². The Balaban J connectivity index is 1.27. The van der Waals surface area contributed by atoms with E-state index in [-0.39, 0.29) is 11.8 Å². The van der Waals surface area contributed by atoms with Gasteiger partial charge in [-0.2, -0.15) is 0 Å². The van der Waals surface area contributed by atoms with Crippen molar-refractivity contribution in [2.75, 3.05) is 0 Å². The molecule has 3 saturated carbocycles. The van der Waals surface area contributed by atoms with Gasteiger partial charge in [0.25, 0.3) is 0 Å². The predicted molar refractivity (Wildman–Crippen MR) is 105 cm³/mol. The Hall–Kier alpha value is -1.87. The molecule has 0 saturated heterocycles. The van der Waals surface area contributed by atoms with Crippen molar-refractivity contribution in [3.05, 3.63) is 48.0 Å². The summed E-state index contributed by atoms with van der Waals surface area (Å²) in [5, 5.41) is 5.98. The lowest BCUT2D eigenvalue weighted by atomic mass is 9.67. The lowest BCUT2D eigenvalue weighted by Gasteiger charge is -2.45. The largest absolute Gasteiger partial charge is 0.353 e. The molecule has 4 atom stereocenters. The first-order chi connectivity index (χ1) is 12.7. The van der Waals surface area contributed by atoms with E-state index in [1.54, 1.807) is 0 Å². The zero-order chi connectivity index (χ0) is 17.7. The van der Waals surface area contributed by atoms with E-state index in [4.69, 9.17) is 5.73 Å². The number of hydrogen-bond acceptors (Lipinski definition) is 2. The molecule has 3 N–H and O–H groups in total. The lowest BCUT2D eigenvalue weighted by molar-refractivity contribution is -0.124. The normalized spacial score (nSPS) is 35.9. The molecule has 3 nitrogen and oxygen atoms in total. The molecule has 4 unspecified atom stereocenters. The molecule has 3 aliphatic rings. The van der Waals surface area contributed by atoms with Crippen LogP contribution in [0.5, 0.6) is 0 Å². The fraction of sp³-hybridized carbons (Fsp3) is 0.522. The number of hydrogen-bond donors (Lipinski definition) is 2. The molecule has 2 aromatic carbocycles. The highest BCUT2D eigenvalue weighted by atomic mass is 16.2. The molecule has 3 heteroatoms. The van der Waals surface area contributed by atoms with E-state index in [2.05, 4.69) is 47.8 Å². The van der Waals surface area contributed by atoms with E-state index < -0.39 is 0 Å². The maximum Gasteiger partial charge on any atom is 0.223 e. The van der Waals surface area contributed by atoms with Gasteiger partial charge >= 0.3 is 0 Å². The van der Waals surface area contributed by atoms with Crippen molar-refractivity contribution >= 4 is 16.7 Å². The molecule has 0 aromatic heterocycles. The number of carbonyl (C=O) groups excluding carboxylic acids is 1. The van der Waals surface area contributed by atoms with Crippen molar-refractivity contribution in [1.29, 1.82) is 0 Å². The van der Waals surface area contributed by atoms with Crippen molar-refractivity contribution in [3.8, 4) is 0 Å². The van der Waals surface area contributed by atoms with Crippen LogP contribution in [0.1, 0.15) is 50.0 Å². The Morgan fingerprint density at radius 1 is 0.962 bits per heavy atom. The minimum Gasteiger partial charge on any atom is -0.353 e. The van der Waals surface area contributed by atoms with Crippen molar-refractivity contribution in [3.63, 3.8) is 0 Å².